The van der Waals surface area contributed by atoms with Crippen LogP contribution in [0.4, 0.5) is 17.1 Å². The predicted octanol–water partition coefficient (Wildman–Crippen LogP) is 8.09. The van der Waals surface area contributed by atoms with E-state index in [4.69, 9.17) is 4.99 Å². The average Bonchev–Trinajstić information content (AvgIpc) is 3.64. The van der Waals surface area contributed by atoms with Crippen LogP contribution in [0.1, 0.15) is 5.56 Å². The number of benzene rings is 5. The van der Waals surface area contributed by atoms with Gasteiger partial charge in [-0.3, -0.25) is 9.89 Å². The first kappa shape index (κ1) is 21.3. The number of fused-ring (bicyclic) bond motifs is 6. The van der Waals surface area contributed by atoms with Crippen LogP contribution in [-0.2, 0) is 0 Å². The fraction of sp³-hybridized carbons (Fsp3) is 0.0882. The molecule has 0 spiro atoms. The molecule has 0 radical (unpaired) electrons. The number of nitrogens with zero attached hydrogens (tertiary/aromatic N) is 4. The third-order valence-corrected chi connectivity index (χ3v) is 7.93. The number of aromatic nitrogens is 1. The van der Waals surface area contributed by atoms with Crippen LogP contribution < -0.4 is 9.80 Å². The minimum Gasteiger partial charge on any atom is -0.309 e. The van der Waals surface area contributed by atoms with Gasteiger partial charge in [0.1, 0.15) is 0 Å². The number of guanidine groups is 1. The number of hydrogen-bond acceptors (Lipinski definition) is 3. The minimum absolute atomic E-state index is 0.831. The predicted molar refractivity (Wildman–Crippen MR) is 159 cm³/mol. The molecule has 0 atom stereocenters. The fourth-order valence-corrected chi connectivity index (χ4v) is 6.23. The van der Waals surface area contributed by atoms with Crippen molar-refractivity contribution >= 4 is 44.8 Å². The van der Waals surface area contributed by atoms with E-state index >= 15 is 0 Å². The Hall–Kier alpha value is -4.83. The van der Waals surface area contributed by atoms with E-state index in [-0.39, 0.29) is 0 Å². The molecule has 38 heavy (non-hydrogen) atoms. The van der Waals surface area contributed by atoms with Gasteiger partial charge >= 0.3 is 0 Å². The summed E-state index contributed by atoms with van der Waals surface area (Å²) >= 11 is 0. The summed E-state index contributed by atoms with van der Waals surface area (Å²) in [6, 6.07) is 41.6. The van der Waals surface area contributed by atoms with E-state index in [1.165, 1.54) is 55.6 Å². The fourth-order valence-electron chi connectivity index (χ4n) is 6.23. The molecule has 1 aromatic heterocycles. The minimum atomic E-state index is 0.831. The molecule has 0 saturated carbocycles. The standard InChI is InChI=1S/C34H26N4/c1-23-10-2-3-11-25(23)26-12-4-6-14-29(26)38-30-15-7-5-13-27(30)28-22-24(18-19-31(28)38)37-33-17-9-8-16-32(33)36-21-20-35-34(36)37/h2-19,22H,20-21H2,1H3. The van der Waals surface area contributed by atoms with E-state index in [1.807, 2.05) is 0 Å². The van der Waals surface area contributed by atoms with Gasteiger partial charge in [-0.2, -0.15) is 0 Å². The average molecular weight is 491 g/mol. The zero-order valence-corrected chi connectivity index (χ0v) is 21.2. The van der Waals surface area contributed by atoms with Crippen molar-refractivity contribution in [3.05, 3.63) is 121 Å². The van der Waals surface area contributed by atoms with Crippen molar-refractivity contribution in [2.75, 3.05) is 22.9 Å². The van der Waals surface area contributed by atoms with Crippen molar-refractivity contribution in [3.63, 3.8) is 0 Å². The van der Waals surface area contributed by atoms with Crippen molar-refractivity contribution in [2.45, 2.75) is 6.92 Å². The number of aryl methyl sites for hydroxylation is 1. The second kappa shape index (κ2) is 8.09. The van der Waals surface area contributed by atoms with Gasteiger partial charge < -0.3 is 9.47 Å². The Morgan fingerprint density at radius 3 is 2.16 bits per heavy atom. The summed E-state index contributed by atoms with van der Waals surface area (Å²) < 4.78 is 2.42. The molecule has 4 nitrogen and oxygen atoms in total. The summed E-state index contributed by atoms with van der Waals surface area (Å²) in [6.45, 7) is 3.95. The van der Waals surface area contributed by atoms with E-state index in [2.05, 4.69) is 137 Å². The molecule has 5 aromatic carbocycles. The normalized spacial score (nSPS) is 14.3. The van der Waals surface area contributed by atoms with E-state index in [0.717, 1.165) is 24.7 Å². The molecule has 2 aliphatic rings. The molecular formula is C34H26N4. The molecule has 0 amide bonds. The van der Waals surface area contributed by atoms with Crippen molar-refractivity contribution in [1.29, 1.82) is 0 Å². The van der Waals surface area contributed by atoms with Gasteiger partial charge in [0.15, 0.2) is 0 Å². The van der Waals surface area contributed by atoms with Crippen molar-refractivity contribution in [3.8, 4) is 16.8 Å². The first-order chi connectivity index (χ1) is 18.8. The lowest BCUT2D eigenvalue weighted by atomic mass is 9.99. The van der Waals surface area contributed by atoms with Crippen LogP contribution in [-0.4, -0.2) is 23.6 Å². The van der Waals surface area contributed by atoms with Crippen LogP contribution in [0.25, 0.3) is 38.6 Å². The zero-order valence-electron chi connectivity index (χ0n) is 21.2. The maximum Gasteiger partial charge on any atom is 0.210 e. The largest absolute Gasteiger partial charge is 0.309 e. The highest BCUT2D eigenvalue weighted by atomic mass is 15.5. The summed E-state index contributed by atoms with van der Waals surface area (Å²) in [5, 5.41) is 2.49. The first-order valence-electron chi connectivity index (χ1n) is 13.2. The van der Waals surface area contributed by atoms with Crippen LogP contribution >= 0.6 is 0 Å². The van der Waals surface area contributed by atoms with Gasteiger partial charge in [0.2, 0.25) is 5.96 Å². The molecule has 0 bridgehead atoms. The van der Waals surface area contributed by atoms with E-state index < -0.39 is 0 Å². The lowest BCUT2D eigenvalue weighted by molar-refractivity contribution is 1.03. The van der Waals surface area contributed by atoms with Gasteiger partial charge in [0.25, 0.3) is 0 Å². The van der Waals surface area contributed by atoms with Crippen LogP contribution in [0.15, 0.2) is 120 Å². The molecule has 0 aliphatic carbocycles. The molecule has 0 N–H and O–H groups in total. The topological polar surface area (TPSA) is 23.8 Å². The molecule has 8 rings (SSSR count). The van der Waals surface area contributed by atoms with Gasteiger partial charge in [-0.25, -0.2) is 0 Å². The van der Waals surface area contributed by atoms with E-state index in [0.29, 0.717) is 0 Å². The van der Waals surface area contributed by atoms with Gasteiger partial charge in [0, 0.05) is 28.6 Å². The maximum atomic E-state index is 4.88. The smallest absolute Gasteiger partial charge is 0.210 e. The molecule has 0 fully saturated rings. The molecular weight excluding hydrogens is 464 g/mol. The molecule has 2 aliphatic heterocycles. The Labute approximate surface area is 221 Å². The summed E-state index contributed by atoms with van der Waals surface area (Å²) in [4.78, 5) is 9.53. The Bertz CT molecular complexity index is 1910. The molecule has 0 unspecified atom stereocenters. The zero-order chi connectivity index (χ0) is 25.2. The van der Waals surface area contributed by atoms with Crippen LogP contribution in [0.2, 0.25) is 0 Å². The van der Waals surface area contributed by atoms with Crippen molar-refractivity contribution in [1.82, 2.24) is 4.57 Å². The summed E-state index contributed by atoms with van der Waals surface area (Å²) in [7, 11) is 0. The van der Waals surface area contributed by atoms with Gasteiger partial charge in [0.05, 0.1) is 34.6 Å². The molecule has 6 aromatic rings. The Balaban J connectivity index is 1.38. The number of anilines is 3. The quantitative estimate of drug-likeness (QED) is 0.250. The number of para-hydroxylation sites is 4. The van der Waals surface area contributed by atoms with Crippen molar-refractivity contribution < 1.29 is 0 Å². The maximum absolute atomic E-state index is 4.88. The van der Waals surface area contributed by atoms with Gasteiger partial charge in [-0.1, -0.05) is 72.8 Å². The van der Waals surface area contributed by atoms with Gasteiger partial charge in [-0.15, -0.1) is 0 Å². The van der Waals surface area contributed by atoms with E-state index in [9.17, 15) is 0 Å². The number of aliphatic imine (C=N–C) groups is 1. The molecule has 0 saturated heterocycles. The van der Waals surface area contributed by atoms with Crippen LogP contribution in [0, 0.1) is 6.92 Å². The highest BCUT2D eigenvalue weighted by Gasteiger charge is 2.36. The molecule has 4 heteroatoms. The van der Waals surface area contributed by atoms with Gasteiger partial charge in [-0.05, 0) is 60.5 Å². The molecule has 3 heterocycles. The highest BCUT2D eigenvalue weighted by molar-refractivity contribution is 6.22. The SMILES string of the molecule is Cc1ccccc1-c1ccccc1-n1c2ccccc2c2cc(N3C4=NCCN4c4ccccc43)ccc21. The van der Waals surface area contributed by atoms with Crippen LogP contribution in [0.5, 0.6) is 0 Å². The first-order valence-corrected chi connectivity index (χ1v) is 13.2. The highest BCUT2D eigenvalue weighted by Crippen LogP contribution is 2.45. The number of rotatable bonds is 3. The second-order valence-corrected chi connectivity index (χ2v) is 10.0. The lowest BCUT2D eigenvalue weighted by Gasteiger charge is -2.20. The third kappa shape index (κ3) is 2.94. The monoisotopic (exact) mass is 490 g/mol. The Morgan fingerprint density at radius 1 is 0.605 bits per heavy atom. The number of hydrogen-bond donors (Lipinski definition) is 0. The van der Waals surface area contributed by atoms with E-state index in [1.54, 1.807) is 0 Å². The third-order valence-electron chi connectivity index (χ3n) is 7.93. The summed E-state index contributed by atoms with van der Waals surface area (Å²) in [5.41, 5.74) is 11.0. The summed E-state index contributed by atoms with van der Waals surface area (Å²) in [5.74, 6) is 1.03. The molecule has 182 valence electrons. The lowest BCUT2D eigenvalue weighted by Crippen LogP contribution is -2.32. The second-order valence-electron chi connectivity index (χ2n) is 10.0. The summed E-state index contributed by atoms with van der Waals surface area (Å²) in [6.07, 6.45) is 0. The van der Waals surface area contributed by atoms with Crippen molar-refractivity contribution in [2.24, 2.45) is 4.99 Å². The Kier molecular flexibility index (Phi) is 4.53. The van der Waals surface area contributed by atoms with Crippen LogP contribution in [0.3, 0.4) is 0 Å². The Morgan fingerprint density at radius 2 is 1.29 bits per heavy atom.